The molecule has 17 heavy (non-hydrogen) atoms. The lowest BCUT2D eigenvalue weighted by atomic mass is 9.83. The van der Waals surface area contributed by atoms with Gasteiger partial charge in [-0.3, -0.25) is 0 Å². The second-order valence-electron chi connectivity index (χ2n) is 6.15. The summed E-state index contributed by atoms with van der Waals surface area (Å²) in [5.74, 6) is 0.393. The van der Waals surface area contributed by atoms with E-state index in [4.69, 9.17) is 4.74 Å². The van der Waals surface area contributed by atoms with E-state index in [1.807, 2.05) is 13.8 Å². The van der Waals surface area contributed by atoms with Gasteiger partial charge in [-0.15, -0.1) is 0 Å². The fourth-order valence-electron chi connectivity index (χ4n) is 1.85. The summed E-state index contributed by atoms with van der Waals surface area (Å²) in [7, 11) is 0. The van der Waals surface area contributed by atoms with Crippen LogP contribution >= 0.6 is 0 Å². The van der Waals surface area contributed by atoms with Gasteiger partial charge in [0.1, 0.15) is 0 Å². The van der Waals surface area contributed by atoms with Crippen LogP contribution in [0.3, 0.4) is 0 Å². The van der Waals surface area contributed by atoms with E-state index < -0.39 is 0 Å². The third-order valence-corrected chi connectivity index (χ3v) is 2.97. The molecule has 3 nitrogen and oxygen atoms in total. The number of amides is 1. The topological polar surface area (TPSA) is 29.5 Å². The molecular formula is C14H25NO2. The molecule has 98 valence electrons. The van der Waals surface area contributed by atoms with E-state index in [9.17, 15) is 4.79 Å². The van der Waals surface area contributed by atoms with Crippen molar-refractivity contribution in [1.29, 1.82) is 0 Å². The van der Waals surface area contributed by atoms with Crippen LogP contribution in [-0.4, -0.2) is 30.7 Å². The van der Waals surface area contributed by atoms with Gasteiger partial charge in [0.2, 0.25) is 0 Å². The van der Waals surface area contributed by atoms with Crippen molar-refractivity contribution in [1.82, 2.24) is 4.90 Å². The molecule has 0 aromatic rings. The number of nitrogens with zero attached hydrogens (tertiary/aromatic N) is 1. The van der Waals surface area contributed by atoms with Crippen LogP contribution in [0.4, 0.5) is 4.79 Å². The van der Waals surface area contributed by atoms with E-state index in [1.165, 1.54) is 5.57 Å². The molecule has 0 aliphatic carbocycles. The molecule has 0 saturated heterocycles. The zero-order chi connectivity index (χ0) is 13.1. The Morgan fingerprint density at radius 1 is 1.47 bits per heavy atom. The van der Waals surface area contributed by atoms with Gasteiger partial charge in [0, 0.05) is 13.1 Å². The predicted molar refractivity (Wildman–Crippen MR) is 69.9 cm³/mol. The Bertz CT molecular complexity index is 300. The second-order valence-corrected chi connectivity index (χ2v) is 6.15. The molecule has 1 aliphatic heterocycles. The summed E-state index contributed by atoms with van der Waals surface area (Å²) in [5, 5.41) is 0. The van der Waals surface area contributed by atoms with Crippen LogP contribution in [0.2, 0.25) is 0 Å². The standard InChI is InChI=1S/C14H25NO2/c1-11(2)10-17-13(16)15-8-6-12(7-9-15)14(3,4)5/h6,11H,7-10H2,1-5H3. The first kappa shape index (κ1) is 14.1. The molecule has 0 aromatic heterocycles. The molecule has 0 bridgehead atoms. The largest absolute Gasteiger partial charge is 0.449 e. The average Bonchev–Trinajstić information content (AvgIpc) is 2.25. The van der Waals surface area contributed by atoms with Crippen molar-refractivity contribution in [2.45, 2.75) is 41.0 Å². The third kappa shape index (κ3) is 4.41. The van der Waals surface area contributed by atoms with Gasteiger partial charge in [0.15, 0.2) is 0 Å². The molecule has 3 heteroatoms. The van der Waals surface area contributed by atoms with E-state index in [0.29, 0.717) is 19.1 Å². The molecule has 1 heterocycles. The number of rotatable bonds is 2. The molecule has 1 rings (SSSR count). The first-order valence-electron chi connectivity index (χ1n) is 6.42. The highest BCUT2D eigenvalue weighted by molar-refractivity contribution is 5.68. The van der Waals surface area contributed by atoms with Crippen molar-refractivity contribution in [2.24, 2.45) is 11.3 Å². The summed E-state index contributed by atoms with van der Waals surface area (Å²) in [6.07, 6.45) is 2.95. The Kier molecular flexibility index (Phi) is 4.61. The normalized spacial score (nSPS) is 17.1. The molecule has 0 fully saturated rings. The number of carbonyl (C=O) groups excluding carboxylic acids is 1. The minimum Gasteiger partial charge on any atom is -0.449 e. The lowest BCUT2D eigenvalue weighted by Gasteiger charge is -2.31. The van der Waals surface area contributed by atoms with E-state index in [-0.39, 0.29) is 11.5 Å². The third-order valence-electron chi connectivity index (χ3n) is 2.97. The fourth-order valence-corrected chi connectivity index (χ4v) is 1.85. The van der Waals surface area contributed by atoms with Crippen molar-refractivity contribution >= 4 is 6.09 Å². The van der Waals surface area contributed by atoms with Crippen molar-refractivity contribution < 1.29 is 9.53 Å². The van der Waals surface area contributed by atoms with Crippen LogP contribution in [0.15, 0.2) is 11.6 Å². The van der Waals surface area contributed by atoms with Gasteiger partial charge < -0.3 is 9.64 Å². The first-order chi connectivity index (χ1) is 7.80. The van der Waals surface area contributed by atoms with Crippen LogP contribution in [0.5, 0.6) is 0 Å². The fraction of sp³-hybridized carbons (Fsp3) is 0.786. The molecule has 0 unspecified atom stereocenters. The molecule has 1 amide bonds. The maximum absolute atomic E-state index is 11.7. The lowest BCUT2D eigenvalue weighted by molar-refractivity contribution is 0.0938. The summed E-state index contributed by atoms with van der Waals surface area (Å²) in [5.41, 5.74) is 1.65. The van der Waals surface area contributed by atoms with Crippen molar-refractivity contribution in [3.63, 3.8) is 0 Å². The molecule has 0 saturated carbocycles. The van der Waals surface area contributed by atoms with Crippen molar-refractivity contribution in [3.05, 3.63) is 11.6 Å². The summed E-state index contributed by atoms with van der Waals surface area (Å²) >= 11 is 0. The Morgan fingerprint density at radius 2 is 2.12 bits per heavy atom. The maximum Gasteiger partial charge on any atom is 0.410 e. The van der Waals surface area contributed by atoms with E-state index in [1.54, 1.807) is 4.90 Å². The summed E-state index contributed by atoms with van der Waals surface area (Å²) in [6, 6.07) is 0. The Morgan fingerprint density at radius 3 is 2.53 bits per heavy atom. The molecule has 0 spiro atoms. The number of hydrogen-bond donors (Lipinski definition) is 0. The van der Waals surface area contributed by atoms with Crippen LogP contribution < -0.4 is 0 Å². The number of carbonyl (C=O) groups is 1. The Balaban J connectivity index is 2.46. The Hall–Kier alpha value is -0.990. The molecule has 1 aliphatic rings. The van der Waals surface area contributed by atoms with E-state index in [2.05, 4.69) is 26.8 Å². The van der Waals surface area contributed by atoms with E-state index >= 15 is 0 Å². The average molecular weight is 239 g/mol. The number of hydrogen-bond acceptors (Lipinski definition) is 2. The molecule has 0 radical (unpaired) electrons. The highest BCUT2D eigenvalue weighted by Gasteiger charge is 2.24. The minimum absolute atomic E-state index is 0.178. The zero-order valence-electron chi connectivity index (χ0n) is 11.7. The van der Waals surface area contributed by atoms with Crippen LogP contribution in [0.1, 0.15) is 41.0 Å². The van der Waals surface area contributed by atoms with Gasteiger partial charge in [-0.1, -0.05) is 46.3 Å². The zero-order valence-corrected chi connectivity index (χ0v) is 11.7. The highest BCUT2D eigenvalue weighted by Crippen LogP contribution is 2.30. The molecule has 0 aromatic carbocycles. The smallest absolute Gasteiger partial charge is 0.410 e. The van der Waals surface area contributed by atoms with Crippen molar-refractivity contribution in [3.8, 4) is 0 Å². The molecule has 0 N–H and O–H groups in total. The van der Waals surface area contributed by atoms with Crippen LogP contribution in [-0.2, 0) is 4.74 Å². The Labute approximate surface area is 105 Å². The van der Waals surface area contributed by atoms with Gasteiger partial charge in [-0.05, 0) is 17.8 Å². The second kappa shape index (κ2) is 5.56. The summed E-state index contributed by atoms with van der Waals surface area (Å²) in [4.78, 5) is 13.5. The molecule has 0 atom stereocenters. The van der Waals surface area contributed by atoms with Gasteiger partial charge in [0.25, 0.3) is 0 Å². The number of ether oxygens (including phenoxy) is 1. The lowest BCUT2D eigenvalue weighted by Crippen LogP contribution is -2.37. The van der Waals surface area contributed by atoms with Crippen LogP contribution in [0.25, 0.3) is 0 Å². The van der Waals surface area contributed by atoms with Crippen LogP contribution in [0, 0.1) is 11.3 Å². The van der Waals surface area contributed by atoms with Gasteiger partial charge in [-0.25, -0.2) is 4.79 Å². The van der Waals surface area contributed by atoms with Gasteiger partial charge in [0.05, 0.1) is 6.61 Å². The monoisotopic (exact) mass is 239 g/mol. The first-order valence-corrected chi connectivity index (χ1v) is 6.42. The maximum atomic E-state index is 11.7. The van der Waals surface area contributed by atoms with Gasteiger partial charge in [-0.2, -0.15) is 0 Å². The summed E-state index contributed by atoms with van der Waals surface area (Å²) in [6.45, 7) is 12.7. The van der Waals surface area contributed by atoms with Gasteiger partial charge >= 0.3 is 6.09 Å². The predicted octanol–water partition coefficient (Wildman–Crippen LogP) is 3.46. The SMILES string of the molecule is CC(C)COC(=O)N1CC=C(C(C)(C)C)CC1. The quantitative estimate of drug-likeness (QED) is 0.691. The summed E-state index contributed by atoms with van der Waals surface area (Å²) < 4.78 is 5.22. The molecular weight excluding hydrogens is 214 g/mol. The van der Waals surface area contributed by atoms with Crippen molar-refractivity contribution in [2.75, 3.05) is 19.7 Å². The van der Waals surface area contributed by atoms with E-state index in [0.717, 1.165) is 13.0 Å². The highest BCUT2D eigenvalue weighted by atomic mass is 16.6. The minimum atomic E-state index is -0.178.